The first kappa shape index (κ1) is 15.4. The van der Waals surface area contributed by atoms with Crippen LogP contribution in [0.2, 0.25) is 0 Å². The molecule has 1 aromatic rings. The van der Waals surface area contributed by atoms with Crippen LogP contribution < -0.4 is 15.8 Å². The van der Waals surface area contributed by atoms with E-state index >= 15 is 0 Å². The van der Waals surface area contributed by atoms with Crippen molar-refractivity contribution in [3.8, 4) is 5.75 Å². The summed E-state index contributed by atoms with van der Waals surface area (Å²) >= 11 is 0. The van der Waals surface area contributed by atoms with Gasteiger partial charge in [-0.15, -0.1) is 0 Å². The number of alkyl halides is 2. The van der Waals surface area contributed by atoms with Gasteiger partial charge in [0.05, 0.1) is 11.6 Å². The van der Waals surface area contributed by atoms with E-state index < -0.39 is 12.2 Å². The number of benzene rings is 1. The van der Waals surface area contributed by atoms with Gasteiger partial charge in [-0.25, -0.2) is 0 Å². The third-order valence-corrected chi connectivity index (χ3v) is 2.54. The van der Waals surface area contributed by atoms with E-state index in [-0.39, 0.29) is 17.7 Å². The van der Waals surface area contributed by atoms with Gasteiger partial charge in [0.15, 0.2) is 0 Å². The number of nitrogens with two attached hydrogens (primary N) is 1. The number of nitrogens with one attached hydrogen (secondary N) is 1. The molecule has 0 saturated carbocycles. The molecule has 0 aliphatic heterocycles. The molecule has 0 bridgehead atoms. The second-order valence-electron chi connectivity index (χ2n) is 4.86. The van der Waals surface area contributed by atoms with Crippen molar-refractivity contribution in [1.82, 2.24) is 5.32 Å². The molecule has 6 heteroatoms. The van der Waals surface area contributed by atoms with E-state index in [1.165, 1.54) is 12.1 Å². The Morgan fingerprint density at radius 2 is 1.84 bits per heavy atom. The molecule has 1 amide bonds. The summed E-state index contributed by atoms with van der Waals surface area (Å²) in [4.78, 5) is 11.7. The first-order valence-electron chi connectivity index (χ1n) is 5.85. The first-order valence-corrected chi connectivity index (χ1v) is 5.85. The van der Waals surface area contributed by atoms with Crippen molar-refractivity contribution in [3.63, 3.8) is 0 Å². The molecule has 0 aliphatic carbocycles. The number of amides is 1. The zero-order valence-electron chi connectivity index (χ0n) is 11.1. The predicted molar refractivity (Wildman–Crippen MR) is 67.9 cm³/mol. The lowest BCUT2D eigenvalue weighted by Gasteiger charge is -2.22. The largest absolute Gasteiger partial charge is 0.435 e. The highest BCUT2D eigenvalue weighted by Crippen LogP contribution is 2.19. The molecule has 0 radical (unpaired) electrons. The molecule has 0 aromatic heterocycles. The summed E-state index contributed by atoms with van der Waals surface area (Å²) in [6, 6.07) is 5.82. The van der Waals surface area contributed by atoms with Crippen LogP contribution in [-0.2, 0) is 4.79 Å². The Morgan fingerprint density at radius 3 is 2.26 bits per heavy atom. The smallest absolute Gasteiger partial charge is 0.387 e. The van der Waals surface area contributed by atoms with Gasteiger partial charge in [-0.2, -0.15) is 8.78 Å². The van der Waals surface area contributed by atoms with Crippen molar-refractivity contribution in [2.75, 3.05) is 0 Å². The number of hydrogen-bond acceptors (Lipinski definition) is 3. The van der Waals surface area contributed by atoms with Crippen molar-refractivity contribution < 1.29 is 18.3 Å². The number of carbonyl (C=O) groups is 1. The van der Waals surface area contributed by atoms with Crippen LogP contribution in [0, 0.1) is 0 Å². The standard InChI is InChI=1S/C13H18F2N2O2/c1-8(17-11(18)13(2,3)16)9-4-6-10(7-5-9)19-12(14)15/h4-8,12H,16H2,1-3H3,(H,17,18). The Bertz CT molecular complexity index is 427. The molecule has 106 valence electrons. The second-order valence-corrected chi connectivity index (χ2v) is 4.86. The average Bonchev–Trinajstić information content (AvgIpc) is 2.27. The molecular formula is C13H18F2N2O2. The molecular weight excluding hydrogens is 254 g/mol. The average molecular weight is 272 g/mol. The second kappa shape index (κ2) is 5.97. The summed E-state index contributed by atoms with van der Waals surface area (Å²) in [5.41, 5.74) is 5.48. The lowest BCUT2D eigenvalue weighted by molar-refractivity contribution is -0.125. The van der Waals surface area contributed by atoms with Crippen LogP contribution in [-0.4, -0.2) is 18.1 Å². The zero-order chi connectivity index (χ0) is 14.6. The van der Waals surface area contributed by atoms with Crippen LogP contribution in [0.5, 0.6) is 5.75 Å². The van der Waals surface area contributed by atoms with E-state index in [0.29, 0.717) is 0 Å². The number of halogens is 2. The van der Waals surface area contributed by atoms with Gasteiger partial charge in [-0.1, -0.05) is 12.1 Å². The summed E-state index contributed by atoms with van der Waals surface area (Å²) in [6.45, 7) is 2.15. The highest BCUT2D eigenvalue weighted by atomic mass is 19.3. The molecule has 3 N–H and O–H groups in total. The Balaban J connectivity index is 2.68. The van der Waals surface area contributed by atoms with E-state index in [0.717, 1.165) is 5.56 Å². The third-order valence-electron chi connectivity index (χ3n) is 2.54. The molecule has 4 nitrogen and oxygen atoms in total. The van der Waals surface area contributed by atoms with Crippen LogP contribution in [0.4, 0.5) is 8.78 Å². The van der Waals surface area contributed by atoms with Gasteiger partial charge in [0, 0.05) is 0 Å². The van der Waals surface area contributed by atoms with Crippen LogP contribution in [0.25, 0.3) is 0 Å². The highest BCUT2D eigenvalue weighted by Gasteiger charge is 2.23. The Morgan fingerprint density at radius 1 is 1.32 bits per heavy atom. The SMILES string of the molecule is CC(NC(=O)C(C)(C)N)c1ccc(OC(F)F)cc1. The van der Waals surface area contributed by atoms with Gasteiger partial charge in [0.2, 0.25) is 5.91 Å². The third kappa shape index (κ3) is 4.82. The van der Waals surface area contributed by atoms with Crippen molar-refractivity contribution >= 4 is 5.91 Å². The van der Waals surface area contributed by atoms with E-state index in [1.807, 2.05) is 0 Å². The van der Waals surface area contributed by atoms with Gasteiger partial charge in [0.1, 0.15) is 5.75 Å². The van der Waals surface area contributed by atoms with Gasteiger partial charge >= 0.3 is 6.61 Å². The number of rotatable bonds is 5. The number of ether oxygens (including phenoxy) is 1. The molecule has 0 aliphatic rings. The molecule has 1 aromatic carbocycles. The maximum absolute atomic E-state index is 12.0. The lowest BCUT2D eigenvalue weighted by Crippen LogP contribution is -2.49. The summed E-state index contributed by atoms with van der Waals surface area (Å²) < 4.78 is 28.2. The van der Waals surface area contributed by atoms with Crippen LogP contribution >= 0.6 is 0 Å². The summed E-state index contributed by atoms with van der Waals surface area (Å²) in [5, 5.41) is 2.74. The van der Waals surface area contributed by atoms with Crippen molar-refractivity contribution in [1.29, 1.82) is 0 Å². The quantitative estimate of drug-likeness (QED) is 0.863. The maximum atomic E-state index is 12.0. The van der Waals surface area contributed by atoms with Gasteiger partial charge < -0.3 is 15.8 Å². The Kier molecular flexibility index (Phi) is 4.83. The summed E-state index contributed by atoms with van der Waals surface area (Å²) in [5.74, 6) is -0.204. The fraction of sp³-hybridized carbons (Fsp3) is 0.462. The zero-order valence-corrected chi connectivity index (χ0v) is 11.1. The topological polar surface area (TPSA) is 64.4 Å². The van der Waals surface area contributed by atoms with Crippen molar-refractivity contribution in [3.05, 3.63) is 29.8 Å². The molecule has 0 spiro atoms. The molecule has 1 atom stereocenters. The minimum atomic E-state index is -2.85. The van der Waals surface area contributed by atoms with E-state index in [4.69, 9.17) is 5.73 Å². The van der Waals surface area contributed by atoms with Crippen LogP contribution in [0.3, 0.4) is 0 Å². The Hall–Kier alpha value is -1.69. The fourth-order valence-electron chi connectivity index (χ4n) is 1.40. The highest BCUT2D eigenvalue weighted by molar-refractivity contribution is 5.85. The van der Waals surface area contributed by atoms with Crippen molar-refractivity contribution in [2.24, 2.45) is 5.73 Å². The van der Waals surface area contributed by atoms with Gasteiger partial charge in [-0.05, 0) is 38.5 Å². The molecule has 1 unspecified atom stereocenters. The summed E-state index contributed by atoms with van der Waals surface area (Å²) in [6.07, 6.45) is 0. The molecule has 0 saturated heterocycles. The maximum Gasteiger partial charge on any atom is 0.387 e. The molecule has 0 fully saturated rings. The molecule has 1 rings (SSSR count). The van der Waals surface area contributed by atoms with Gasteiger partial charge in [0.25, 0.3) is 0 Å². The first-order chi connectivity index (χ1) is 8.70. The fourth-order valence-corrected chi connectivity index (χ4v) is 1.40. The Labute approximate surface area is 110 Å². The number of hydrogen-bond donors (Lipinski definition) is 2. The minimum Gasteiger partial charge on any atom is -0.435 e. The van der Waals surface area contributed by atoms with E-state index in [1.54, 1.807) is 32.9 Å². The molecule has 0 heterocycles. The number of carbonyl (C=O) groups excluding carboxylic acids is 1. The monoisotopic (exact) mass is 272 g/mol. The minimum absolute atomic E-state index is 0.0800. The van der Waals surface area contributed by atoms with Crippen molar-refractivity contribution in [2.45, 2.75) is 39.0 Å². The lowest BCUT2D eigenvalue weighted by atomic mass is 10.0. The van der Waals surface area contributed by atoms with E-state index in [9.17, 15) is 13.6 Å². The van der Waals surface area contributed by atoms with Crippen LogP contribution in [0.1, 0.15) is 32.4 Å². The molecule has 19 heavy (non-hydrogen) atoms. The normalized spacial score (nSPS) is 13.2. The predicted octanol–water partition coefficient (Wildman–Crippen LogP) is 2.20. The van der Waals surface area contributed by atoms with E-state index in [2.05, 4.69) is 10.1 Å². The van der Waals surface area contributed by atoms with Gasteiger partial charge in [-0.3, -0.25) is 4.79 Å². The van der Waals surface area contributed by atoms with Crippen LogP contribution in [0.15, 0.2) is 24.3 Å². The summed E-state index contributed by atoms with van der Waals surface area (Å²) in [7, 11) is 0.